The Bertz CT molecular complexity index is 548. The number of amides is 1. The fraction of sp³-hybridized carbons (Fsp3) is 0.333. The molecule has 96 valence electrons. The minimum Gasteiger partial charge on any atom is -0.348 e. The highest BCUT2D eigenvalue weighted by Gasteiger charge is 2.17. The minimum atomic E-state index is -0.0183. The smallest absolute Gasteiger partial charge is 0.251 e. The van der Waals surface area contributed by atoms with Gasteiger partial charge in [-0.2, -0.15) is 0 Å². The number of carbonyl (C=O) groups excluding carboxylic acids is 1. The van der Waals surface area contributed by atoms with E-state index in [0.29, 0.717) is 5.56 Å². The molecule has 6 heteroatoms. The molecule has 0 radical (unpaired) electrons. The molecule has 1 aliphatic rings. The Labute approximate surface area is 111 Å². The molecule has 1 atom stereocenters. The summed E-state index contributed by atoms with van der Waals surface area (Å²) in [5.41, 5.74) is 2.44. The molecule has 1 aromatic carbocycles. The van der Waals surface area contributed by atoms with Crippen LogP contribution in [0.25, 0.3) is 11.0 Å². The first kappa shape index (κ1) is 12.9. The molecule has 0 saturated carbocycles. The van der Waals surface area contributed by atoms with Crippen LogP contribution in [0.4, 0.5) is 0 Å². The van der Waals surface area contributed by atoms with Gasteiger partial charge in [0.05, 0.1) is 17.4 Å². The quantitative estimate of drug-likeness (QED) is 0.762. The molecule has 0 aliphatic carbocycles. The molecule has 1 unspecified atom stereocenters. The molecular formula is C12H15ClN4O. The van der Waals surface area contributed by atoms with Crippen molar-refractivity contribution >= 4 is 29.3 Å². The lowest BCUT2D eigenvalue weighted by atomic mass is 10.1. The van der Waals surface area contributed by atoms with E-state index in [1.54, 1.807) is 12.4 Å². The van der Waals surface area contributed by atoms with Crippen molar-refractivity contribution in [2.75, 3.05) is 13.1 Å². The zero-order valence-electron chi connectivity index (χ0n) is 9.77. The summed E-state index contributed by atoms with van der Waals surface area (Å²) in [5, 5.41) is 6.24. The summed E-state index contributed by atoms with van der Waals surface area (Å²) in [4.78, 5) is 19.1. The van der Waals surface area contributed by atoms with Gasteiger partial charge in [-0.15, -0.1) is 12.4 Å². The van der Waals surface area contributed by atoms with Gasteiger partial charge in [-0.3, -0.25) is 4.79 Å². The highest BCUT2D eigenvalue weighted by Crippen LogP contribution is 2.12. The standard InChI is InChI=1S/C12H14N4O.ClH/c17-12(16-9-3-4-13-6-9)8-1-2-10-11(5-8)15-7-14-10;/h1-2,5,7,9,13H,3-4,6H2,(H,14,15)(H,16,17);1H. The van der Waals surface area contributed by atoms with Crippen molar-refractivity contribution in [3.05, 3.63) is 30.1 Å². The number of carbonyl (C=O) groups is 1. The van der Waals surface area contributed by atoms with Crippen molar-refractivity contribution in [2.45, 2.75) is 12.5 Å². The second kappa shape index (κ2) is 5.37. The third kappa shape index (κ3) is 2.47. The van der Waals surface area contributed by atoms with Gasteiger partial charge in [0.25, 0.3) is 5.91 Å². The van der Waals surface area contributed by atoms with Gasteiger partial charge in [0.2, 0.25) is 0 Å². The van der Waals surface area contributed by atoms with Crippen molar-refractivity contribution in [3.63, 3.8) is 0 Å². The molecule has 1 amide bonds. The number of benzene rings is 1. The first-order valence-electron chi connectivity index (χ1n) is 5.77. The Kier molecular flexibility index (Phi) is 3.84. The van der Waals surface area contributed by atoms with Gasteiger partial charge in [0.15, 0.2) is 0 Å². The number of imidazole rings is 1. The molecule has 1 saturated heterocycles. The van der Waals surface area contributed by atoms with E-state index in [2.05, 4.69) is 20.6 Å². The van der Waals surface area contributed by atoms with Crippen LogP contribution in [0.2, 0.25) is 0 Å². The van der Waals surface area contributed by atoms with Crippen LogP contribution in [-0.2, 0) is 0 Å². The van der Waals surface area contributed by atoms with E-state index in [-0.39, 0.29) is 24.4 Å². The van der Waals surface area contributed by atoms with Crippen LogP contribution >= 0.6 is 12.4 Å². The van der Waals surface area contributed by atoms with Gasteiger partial charge in [-0.05, 0) is 31.2 Å². The first-order valence-corrected chi connectivity index (χ1v) is 5.77. The summed E-state index contributed by atoms with van der Waals surface area (Å²) in [7, 11) is 0. The largest absolute Gasteiger partial charge is 0.348 e. The van der Waals surface area contributed by atoms with Crippen LogP contribution in [0, 0.1) is 0 Å². The Hall–Kier alpha value is -1.59. The zero-order valence-corrected chi connectivity index (χ0v) is 10.6. The molecule has 2 heterocycles. The maximum atomic E-state index is 12.0. The predicted octanol–water partition coefficient (Wildman–Crippen LogP) is 1.08. The fourth-order valence-corrected chi connectivity index (χ4v) is 2.12. The Morgan fingerprint density at radius 3 is 3.11 bits per heavy atom. The summed E-state index contributed by atoms with van der Waals surface area (Å²) >= 11 is 0. The Morgan fingerprint density at radius 1 is 1.44 bits per heavy atom. The predicted molar refractivity (Wildman–Crippen MR) is 72.1 cm³/mol. The number of hydrogen-bond donors (Lipinski definition) is 3. The lowest BCUT2D eigenvalue weighted by Gasteiger charge is -2.11. The molecule has 5 nitrogen and oxygen atoms in total. The van der Waals surface area contributed by atoms with E-state index in [1.807, 2.05) is 12.1 Å². The van der Waals surface area contributed by atoms with Crippen molar-refractivity contribution < 1.29 is 4.79 Å². The van der Waals surface area contributed by atoms with Crippen molar-refractivity contribution in [1.82, 2.24) is 20.6 Å². The number of H-pyrrole nitrogens is 1. The van der Waals surface area contributed by atoms with E-state index >= 15 is 0 Å². The van der Waals surface area contributed by atoms with Gasteiger partial charge in [-0.1, -0.05) is 0 Å². The van der Waals surface area contributed by atoms with Gasteiger partial charge < -0.3 is 15.6 Å². The van der Waals surface area contributed by atoms with Gasteiger partial charge in [0, 0.05) is 18.2 Å². The molecule has 3 N–H and O–H groups in total. The second-order valence-electron chi connectivity index (χ2n) is 4.30. The number of aromatic nitrogens is 2. The van der Waals surface area contributed by atoms with Crippen molar-refractivity contribution in [2.24, 2.45) is 0 Å². The van der Waals surface area contributed by atoms with Gasteiger partial charge in [-0.25, -0.2) is 4.98 Å². The van der Waals surface area contributed by atoms with E-state index in [9.17, 15) is 4.79 Å². The van der Waals surface area contributed by atoms with E-state index in [4.69, 9.17) is 0 Å². The highest BCUT2D eigenvalue weighted by molar-refractivity contribution is 5.97. The number of halogens is 1. The van der Waals surface area contributed by atoms with Crippen molar-refractivity contribution in [3.8, 4) is 0 Å². The van der Waals surface area contributed by atoms with Crippen LogP contribution in [0.1, 0.15) is 16.8 Å². The summed E-state index contributed by atoms with van der Waals surface area (Å²) in [6.07, 6.45) is 2.63. The number of fused-ring (bicyclic) bond motifs is 1. The summed E-state index contributed by atoms with van der Waals surface area (Å²) < 4.78 is 0. The SMILES string of the molecule is Cl.O=C(NC1CCNC1)c1ccc2nc[nH]c2c1. The number of hydrogen-bond acceptors (Lipinski definition) is 3. The van der Waals surface area contributed by atoms with E-state index in [0.717, 1.165) is 30.5 Å². The zero-order chi connectivity index (χ0) is 11.7. The number of aromatic amines is 1. The fourth-order valence-electron chi connectivity index (χ4n) is 2.12. The van der Waals surface area contributed by atoms with Crippen LogP contribution in [0.5, 0.6) is 0 Å². The maximum Gasteiger partial charge on any atom is 0.251 e. The average Bonchev–Trinajstić information content (AvgIpc) is 2.97. The molecule has 18 heavy (non-hydrogen) atoms. The van der Waals surface area contributed by atoms with Crippen molar-refractivity contribution in [1.29, 1.82) is 0 Å². The van der Waals surface area contributed by atoms with Gasteiger partial charge in [0.1, 0.15) is 0 Å². The summed E-state index contributed by atoms with van der Waals surface area (Å²) in [6, 6.07) is 5.74. The molecular weight excluding hydrogens is 252 g/mol. The summed E-state index contributed by atoms with van der Waals surface area (Å²) in [5.74, 6) is -0.0183. The van der Waals surface area contributed by atoms with Crippen LogP contribution in [0.15, 0.2) is 24.5 Å². The first-order chi connectivity index (χ1) is 8.33. The minimum absolute atomic E-state index is 0. The Morgan fingerprint density at radius 2 is 2.33 bits per heavy atom. The summed E-state index contributed by atoms with van der Waals surface area (Å²) in [6.45, 7) is 1.84. The molecule has 1 aliphatic heterocycles. The topological polar surface area (TPSA) is 69.8 Å². The lowest BCUT2D eigenvalue weighted by molar-refractivity contribution is 0.0940. The van der Waals surface area contributed by atoms with E-state index < -0.39 is 0 Å². The van der Waals surface area contributed by atoms with Gasteiger partial charge >= 0.3 is 0 Å². The number of nitrogens with zero attached hydrogens (tertiary/aromatic N) is 1. The molecule has 3 rings (SSSR count). The molecule has 0 bridgehead atoms. The monoisotopic (exact) mass is 266 g/mol. The van der Waals surface area contributed by atoms with Crippen LogP contribution in [0.3, 0.4) is 0 Å². The van der Waals surface area contributed by atoms with Crippen LogP contribution in [-0.4, -0.2) is 35.0 Å². The number of nitrogens with one attached hydrogen (secondary N) is 3. The third-order valence-electron chi connectivity index (χ3n) is 3.08. The normalized spacial score (nSPS) is 18.6. The van der Waals surface area contributed by atoms with E-state index in [1.165, 1.54) is 0 Å². The second-order valence-corrected chi connectivity index (χ2v) is 4.30. The average molecular weight is 267 g/mol. The Balaban J connectivity index is 0.00000120. The molecule has 1 fully saturated rings. The lowest BCUT2D eigenvalue weighted by Crippen LogP contribution is -2.36. The molecule has 1 aromatic heterocycles. The molecule has 0 spiro atoms. The molecule has 2 aromatic rings. The maximum absolute atomic E-state index is 12.0. The highest BCUT2D eigenvalue weighted by atomic mass is 35.5. The number of rotatable bonds is 2. The van der Waals surface area contributed by atoms with Crippen LogP contribution < -0.4 is 10.6 Å². The third-order valence-corrected chi connectivity index (χ3v) is 3.08.